The molecule has 294 valence electrons. The molecule has 2 aliphatic rings. The Morgan fingerprint density at radius 3 is 1.81 bits per heavy atom. The zero-order valence-electron chi connectivity index (χ0n) is 28.4. The van der Waals surface area contributed by atoms with Crippen molar-refractivity contribution in [1.82, 2.24) is 9.80 Å². The Bertz CT molecular complexity index is 1790. The molecule has 0 aliphatic carbocycles. The van der Waals surface area contributed by atoms with E-state index in [2.05, 4.69) is 4.90 Å². The number of carboxylic acids is 1. The van der Waals surface area contributed by atoms with Gasteiger partial charge < -0.3 is 19.8 Å². The van der Waals surface area contributed by atoms with E-state index in [9.17, 15) is 49.1 Å². The molecule has 0 radical (unpaired) electrons. The molecule has 2 heterocycles. The quantitative estimate of drug-likeness (QED) is 0.133. The van der Waals surface area contributed by atoms with Crippen molar-refractivity contribution >= 4 is 46.7 Å². The Morgan fingerprint density at radius 1 is 0.759 bits per heavy atom. The standard InChI is InChI=1S/C34H33Cl2F6N3O2.C2HF3O2/c35-25-7-6-24(19-26(25)36)45(13-1-12-43-14-8-21(9-15-43)18-20-2-4-23(37)5-3-20)33(46)22-10-16-44(17-11-22)34(47)27-28(38)30(40)32(42)31(41)29(27)39;3-2(4,5)1(6)7/h2-7,19,21-22H,1,8-18H2;(H,6,7). The van der Waals surface area contributed by atoms with Gasteiger partial charge in [0.25, 0.3) is 5.91 Å². The van der Waals surface area contributed by atoms with Crippen LogP contribution in [0.4, 0.5) is 45.2 Å². The van der Waals surface area contributed by atoms with E-state index in [1.165, 1.54) is 12.1 Å². The Hall–Kier alpha value is -4.02. The van der Waals surface area contributed by atoms with Crippen LogP contribution in [0, 0.1) is 46.7 Å². The molecule has 3 aromatic carbocycles. The minimum atomic E-state index is -5.08. The van der Waals surface area contributed by atoms with Crippen molar-refractivity contribution in [3.8, 4) is 0 Å². The fourth-order valence-electron chi connectivity index (χ4n) is 6.34. The average Bonchev–Trinajstić information content (AvgIpc) is 3.14. The summed E-state index contributed by atoms with van der Waals surface area (Å²) in [5, 5.41) is 7.72. The van der Waals surface area contributed by atoms with Crippen molar-refractivity contribution in [1.29, 1.82) is 0 Å². The van der Waals surface area contributed by atoms with Gasteiger partial charge in [-0.15, -0.1) is 0 Å². The van der Waals surface area contributed by atoms with Crippen molar-refractivity contribution in [3.05, 3.63) is 98.5 Å². The van der Waals surface area contributed by atoms with E-state index < -0.39 is 58.6 Å². The number of alkyl halides is 3. The van der Waals surface area contributed by atoms with Gasteiger partial charge in [-0.05, 0) is 100.0 Å². The molecule has 7 nitrogen and oxygen atoms in total. The summed E-state index contributed by atoms with van der Waals surface area (Å²) in [7, 11) is 0. The number of hydrogen-bond acceptors (Lipinski definition) is 4. The zero-order valence-corrected chi connectivity index (χ0v) is 29.9. The lowest BCUT2D eigenvalue weighted by atomic mass is 9.90. The molecule has 0 bridgehead atoms. The maximum atomic E-state index is 14.3. The average molecular weight is 815 g/mol. The summed E-state index contributed by atoms with van der Waals surface area (Å²) in [6, 6.07) is 11.5. The third-order valence-corrected chi connectivity index (χ3v) is 10.0. The van der Waals surface area contributed by atoms with Gasteiger partial charge in [0.1, 0.15) is 11.4 Å². The lowest BCUT2D eigenvalue weighted by Crippen LogP contribution is -2.45. The predicted molar refractivity (Wildman–Crippen MR) is 181 cm³/mol. The highest BCUT2D eigenvalue weighted by molar-refractivity contribution is 6.42. The normalized spacial score (nSPS) is 15.8. The van der Waals surface area contributed by atoms with E-state index in [-0.39, 0.29) is 42.7 Å². The molecule has 2 amide bonds. The van der Waals surface area contributed by atoms with Crippen LogP contribution >= 0.6 is 23.2 Å². The van der Waals surface area contributed by atoms with Gasteiger partial charge in [0, 0.05) is 31.2 Å². The molecule has 2 saturated heterocycles. The molecule has 0 unspecified atom stereocenters. The lowest BCUT2D eigenvalue weighted by Gasteiger charge is -2.35. The number of benzene rings is 3. The van der Waals surface area contributed by atoms with Crippen LogP contribution in [0.15, 0.2) is 42.5 Å². The molecule has 0 aromatic heterocycles. The van der Waals surface area contributed by atoms with Crippen LogP contribution in [0.3, 0.4) is 0 Å². The van der Waals surface area contributed by atoms with Crippen LogP contribution in [0.25, 0.3) is 0 Å². The van der Waals surface area contributed by atoms with Crippen LogP contribution in [0.5, 0.6) is 0 Å². The Morgan fingerprint density at radius 2 is 1.30 bits per heavy atom. The molecule has 3 aromatic rings. The first-order valence-corrected chi connectivity index (χ1v) is 17.5. The van der Waals surface area contributed by atoms with Crippen molar-refractivity contribution in [2.24, 2.45) is 11.8 Å². The van der Waals surface area contributed by atoms with Gasteiger partial charge in [-0.25, -0.2) is 31.1 Å². The van der Waals surface area contributed by atoms with E-state index in [1.807, 2.05) is 12.1 Å². The van der Waals surface area contributed by atoms with Gasteiger partial charge in [0.05, 0.1) is 10.0 Å². The number of piperidine rings is 2. The summed E-state index contributed by atoms with van der Waals surface area (Å²) < 4.78 is 114. The van der Waals surface area contributed by atoms with Crippen LogP contribution in [-0.2, 0) is 16.0 Å². The fraction of sp³-hybridized carbons (Fsp3) is 0.417. The summed E-state index contributed by atoms with van der Waals surface area (Å²) >= 11 is 12.4. The molecule has 5 rings (SSSR count). The molecule has 54 heavy (non-hydrogen) atoms. The second kappa shape index (κ2) is 18.5. The number of hydrogen-bond donors (Lipinski definition) is 1. The Kier molecular flexibility index (Phi) is 14.7. The minimum absolute atomic E-state index is 0.114. The SMILES string of the molecule is O=C(O)C(F)(F)F.O=C(c1c(F)c(F)c(F)c(F)c1F)N1CCC(C(=O)N(CCCN2CCC(Cc3ccc(F)cc3)CC2)c2ccc(Cl)c(Cl)c2)CC1. The first kappa shape index (κ1) is 42.7. The number of rotatable bonds is 9. The van der Waals surface area contributed by atoms with Gasteiger partial charge in [-0.1, -0.05) is 35.3 Å². The third-order valence-electron chi connectivity index (χ3n) is 9.28. The maximum Gasteiger partial charge on any atom is 0.490 e. The second-order valence-electron chi connectivity index (χ2n) is 12.9. The van der Waals surface area contributed by atoms with Crippen LogP contribution in [0.2, 0.25) is 10.0 Å². The monoisotopic (exact) mass is 813 g/mol. The van der Waals surface area contributed by atoms with Crippen molar-refractivity contribution in [3.63, 3.8) is 0 Å². The predicted octanol–water partition coefficient (Wildman–Crippen LogP) is 8.69. The number of carbonyl (C=O) groups excluding carboxylic acids is 2. The highest BCUT2D eigenvalue weighted by atomic mass is 35.5. The molecule has 2 aliphatic heterocycles. The Labute approximate surface area is 314 Å². The van der Waals surface area contributed by atoms with Crippen LogP contribution in [-0.4, -0.2) is 78.1 Å². The topological polar surface area (TPSA) is 81.2 Å². The number of carboxylic acid groups (broad SMARTS) is 1. The van der Waals surface area contributed by atoms with Crippen LogP contribution < -0.4 is 4.90 Å². The number of amides is 2. The number of nitrogens with zero attached hydrogens (tertiary/aromatic N) is 3. The fourth-order valence-corrected chi connectivity index (χ4v) is 6.63. The summed E-state index contributed by atoms with van der Waals surface area (Å²) in [5.41, 5.74) is 0.152. The number of aliphatic carboxylic acids is 1. The lowest BCUT2D eigenvalue weighted by molar-refractivity contribution is -0.192. The van der Waals surface area contributed by atoms with Gasteiger partial charge in [0.15, 0.2) is 23.3 Å². The van der Waals surface area contributed by atoms with Crippen LogP contribution in [0.1, 0.15) is 48.0 Å². The van der Waals surface area contributed by atoms with Crippen molar-refractivity contribution in [2.75, 3.05) is 44.2 Å². The third kappa shape index (κ3) is 10.8. The summed E-state index contributed by atoms with van der Waals surface area (Å²) in [5.74, 6) is -15.7. The van der Waals surface area contributed by atoms with E-state index in [4.69, 9.17) is 33.1 Å². The summed E-state index contributed by atoms with van der Waals surface area (Å²) in [4.78, 5) is 40.5. The summed E-state index contributed by atoms with van der Waals surface area (Å²) in [6.45, 7) is 2.71. The zero-order chi connectivity index (χ0) is 39.9. The number of carbonyl (C=O) groups is 3. The molecule has 0 spiro atoms. The molecular formula is C36H34Cl2F9N3O4. The number of halogens is 11. The minimum Gasteiger partial charge on any atom is -0.475 e. The second-order valence-corrected chi connectivity index (χ2v) is 13.7. The molecule has 18 heteroatoms. The van der Waals surface area contributed by atoms with Gasteiger partial charge in [0.2, 0.25) is 11.7 Å². The molecule has 0 saturated carbocycles. The highest BCUT2D eigenvalue weighted by Gasteiger charge is 2.38. The van der Waals surface area contributed by atoms with Gasteiger partial charge in [-0.2, -0.15) is 13.2 Å². The van der Waals surface area contributed by atoms with Crippen molar-refractivity contribution in [2.45, 2.75) is 44.7 Å². The van der Waals surface area contributed by atoms with E-state index in [0.29, 0.717) is 29.6 Å². The van der Waals surface area contributed by atoms with E-state index >= 15 is 0 Å². The highest BCUT2D eigenvalue weighted by Crippen LogP contribution is 2.31. The largest absolute Gasteiger partial charge is 0.490 e. The van der Waals surface area contributed by atoms with Gasteiger partial charge in [-0.3, -0.25) is 9.59 Å². The van der Waals surface area contributed by atoms with Crippen molar-refractivity contribution < 1.29 is 59.0 Å². The van der Waals surface area contributed by atoms with E-state index in [1.54, 1.807) is 23.1 Å². The first-order valence-electron chi connectivity index (χ1n) is 16.7. The maximum absolute atomic E-state index is 14.3. The Balaban J connectivity index is 0.000000845. The van der Waals surface area contributed by atoms with E-state index in [0.717, 1.165) is 49.4 Å². The summed E-state index contributed by atoms with van der Waals surface area (Å²) in [6.07, 6.45) is -1.26. The van der Waals surface area contributed by atoms with Gasteiger partial charge >= 0.3 is 12.1 Å². The molecular weight excluding hydrogens is 780 g/mol. The number of likely N-dealkylation sites (tertiary alicyclic amines) is 2. The molecule has 0 atom stereocenters. The number of anilines is 1. The first-order chi connectivity index (χ1) is 25.4. The molecule has 1 N–H and O–H groups in total. The molecule has 2 fully saturated rings. The smallest absolute Gasteiger partial charge is 0.475 e.